The molecular weight excluding hydrogens is 268 g/mol. The van der Waals surface area contributed by atoms with Gasteiger partial charge in [-0.15, -0.1) is 0 Å². The van der Waals surface area contributed by atoms with Crippen molar-refractivity contribution in [1.29, 1.82) is 5.26 Å². The van der Waals surface area contributed by atoms with Gasteiger partial charge in [-0.2, -0.15) is 5.97 Å². The van der Waals surface area contributed by atoms with E-state index >= 15 is 0 Å². The number of ether oxygens (including phenoxy) is 1. The Morgan fingerprint density at radius 2 is 2.10 bits per heavy atom. The summed E-state index contributed by atoms with van der Waals surface area (Å²) in [5.74, 6) is 2.73. The van der Waals surface area contributed by atoms with Gasteiger partial charge in [-0.05, 0) is 17.7 Å². The van der Waals surface area contributed by atoms with Crippen molar-refractivity contribution in [2.24, 2.45) is 14.1 Å². The summed E-state index contributed by atoms with van der Waals surface area (Å²) >= 11 is 0. The number of nitrogens with zero attached hydrogens (tertiary/aromatic N) is 3. The van der Waals surface area contributed by atoms with Gasteiger partial charge < -0.3 is 4.74 Å². The Morgan fingerprint density at radius 3 is 2.57 bits per heavy atom. The molecule has 4 nitrogen and oxygen atoms in total. The van der Waals surface area contributed by atoms with Crippen LogP contribution in [0.5, 0.6) is 5.75 Å². The Kier molecular flexibility index (Phi) is 4.44. The molecule has 0 aliphatic rings. The van der Waals surface area contributed by atoms with E-state index in [0.29, 0.717) is 17.0 Å². The number of halogens is 1. The smallest absolute Gasteiger partial charge is 0.187 e. The molecule has 1 heterocycles. The van der Waals surface area contributed by atoms with Crippen LogP contribution < -0.4 is 15.0 Å². The van der Waals surface area contributed by atoms with Crippen LogP contribution in [0.4, 0.5) is 4.39 Å². The molecule has 1 radical (unpaired) electrons. The highest BCUT2D eigenvalue weighted by atomic mass is 19.1. The summed E-state index contributed by atoms with van der Waals surface area (Å²) in [6.45, 7) is -0.933. The maximum Gasteiger partial charge on any atom is 0.187 e. The first-order chi connectivity index (χ1) is 10.1. The quantitative estimate of drug-likeness (QED) is 0.625. The predicted octanol–water partition coefficient (Wildman–Crippen LogP) is 1.17. The van der Waals surface area contributed by atoms with Crippen molar-refractivity contribution in [1.82, 2.24) is 4.57 Å². The molecule has 0 unspecified atom stereocenters. The van der Waals surface area contributed by atoms with E-state index in [1.807, 2.05) is 5.97 Å². The minimum absolute atomic E-state index is 0.486. The molecule has 1 aromatic carbocycles. The fourth-order valence-corrected chi connectivity index (χ4v) is 2.19. The number of nitriles is 1. The normalized spacial score (nSPS) is 11.5. The van der Waals surface area contributed by atoms with E-state index in [4.69, 9.17) is 4.74 Å². The van der Waals surface area contributed by atoms with Crippen LogP contribution in [0.25, 0.3) is 6.08 Å². The number of hydrogen-bond donors (Lipinski definition) is 0. The molecule has 0 saturated heterocycles. The summed E-state index contributed by atoms with van der Waals surface area (Å²) in [5.41, 5.74) is 0.797. The maximum atomic E-state index is 14.4. The molecule has 2 rings (SSSR count). The molecule has 0 aliphatic carbocycles. The van der Waals surface area contributed by atoms with Gasteiger partial charge in [0.15, 0.2) is 6.71 Å². The van der Waals surface area contributed by atoms with Crippen molar-refractivity contribution in [3.8, 4) is 11.7 Å². The van der Waals surface area contributed by atoms with Crippen LogP contribution in [-0.4, -0.2) is 18.4 Å². The molecule has 107 valence electrons. The Hall–Kier alpha value is -2.55. The summed E-state index contributed by atoms with van der Waals surface area (Å²) < 4.78 is 23.0. The molecule has 0 aliphatic heterocycles. The van der Waals surface area contributed by atoms with Crippen LogP contribution in [-0.2, 0) is 14.1 Å². The molecule has 0 atom stereocenters. The minimum atomic E-state index is -0.933. The lowest BCUT2D eigenvalue weighted by Crippen LogP contribution is -2.55. The molecule has 0 amide bonds. The van der Waals surface area contributed by atoms with Gasteiger partial charge in [0, 0.05) is 0 Å². The second-order valence-electron chi connectivity index (χ2n) is 4.74. The van der Waals surface area contributed by atoms with Crippen molar-refractivity contribution in [3.63, 3.8) is 0 Å². The summed E-state index contributed by atoms with van der Waals surface area (Å²) in [6, 6.07) is 7.00. The van der Waals surface area contributed by atoms with Crippen molar-refractivity contribution < 1.29 is 13.7 Å². The second-order valence-corrected chi connectivity index (χ2v) is 4.74. The molecule has 21 heavy (non-hydrogen) atoms. The zero-order chi connectivity index (χ0) is 15.4. The maximum absolute atomic E-state index is 14.4. The Bertz CT molecular complexity index is 681. The van der Waals surface area contributed by atoms with E-state index in [1.54, 1.807) is 67.0 Å². The fraction of sp³-hybridized carbons (Fsp3) is 0.200. The first-order valence-corrected chi connectivity index (χ1v) is 6.48. The first-order valence-electron chi connectivity index (χ1n) is 6.48. The summed E-state index contributed by atoms with van der Waals surface area (Å²) in [7, 11) is 5.16. The molecule has 2 aromatic rings. The molecular formula is C15H16BFN3O. The number of benzene rings is 1. The van der Waals surface area contributed by atoms with Crippen LogP contribution >= 0.6 is 0 Å². The molecule has 0 bridgehead atoms. The summed E-state index contributed by atoms with van der Waals surface area (Å²) in [6.07, 6.45) is 4.96. The van der Waals surface area contributed by atoms with Gasteiger partial charge in [-0.1, -0.05) is 23.9 Å². The molecule has 1 aromatic heterocycles. The lowest BCUT2D eigenvalue weighted by atomic mass is 9.49. The van der Waals surface area contributed by atoms with Gasteiger partial charge in [0.25, 0.3) is 0 Å². The van der Waals surface area contributed by atoms with Crippen molar-refractivity contribution in [3.05, 3.63) is 47.9 Å². The molecule has 0 fully saturated rings. The van der Waals surface area contributed by atoms with E-state index in [9.17, 15) is 9.65 Å². The highest BCUT2D eigenvalue weighted by Gasteiger charge is 2.18. The van der Waals surface area contributed by atoms with Crippen LogP contribution in [0, 0.1) is 11.2 Å². The van der Waals surface area contributed by atoms with E-state index in [1.165, 1.54) is 6.08 Å². The number of aromatic nitrogens is 2. The van der Waals surface area contributed by atoms with Crippen molar-refractivity contribution in [2.45, 2.75) is 0 Å². The predicted molar refractivity (Wildman–Crippen MR) is 79.7 cm³/mol. The van der Waals surface area contributed by atoms with Gasteiger partial charge in [0.2, 0.25) is 0 Å². The first kappa shape index (κ1) is 14.9. The third-order valence-corrected chi connectivity index (χ3v) is 3.32. The molecule has 0 N–H and O–H groups in total. The number of methoxy groups -OCH3 is 1. The SMILES string of the molecule is COc1ccc(/C=C(\F)[B-](C#N)c2n(C)cc[n+]2C)cc1. The number of aryl methyl sites for hydroxylation is 2. The lowest BCUT2D eigenvalue weighted by Gasteiger charge is -2.14. The van der Waals surface area contributed by atoms with Gasteiger partial charge in [0.05, 0.1) is 26.9 Å². The van der Waals surface area contributed by atoms with Crippen LogP contribution in [0.2, 0.25) is 0 Å². The number of hydrogen-bond acceptors (Lipinski definition) is 2. The van der Waals surface area contributed by atoms with Gasteiger partial charge in [-0.25, -0.2) is 0 Å². The van der Waals surface area contributed by atoms with Gasteiger partial charge in [0.1, 0.15) is 18.1 Å². The van der Waals surface area contributed by atoms with Gasteiger partial charge in [-0.3, -0.25) is 18.8 Å². The Balaban J connectivity index is 2.34. The topological polar surface area (TPSA) is 41.8 Å². The van der Waals surface area contributed by atoms with Crippen molar-refractivity contribution in [2.75, 3.05) is 7.11 Å². The molecule has 0 spiro atoms. The fourth-order valence-electron chi connectivity index (χ4n) is 2.19. The average Bonchev–Trinajstić information content (AvgIpc) is 2.81. The zero-order valence-electron chi connectivity index (χ0n) is 12.2. The average molecular weight is 284 g/mol. The highest BCUT2D eigenvalue weighted by molar-refractivity contribution is 6.84. The van der Waals surface area contributed by atoms with E-state index in [-0.39, 0.29) is 0 Å². The summed E-state index contributed by atoms with van der Waals surface area (Å²) in [4.78, 5) is 0. The Labute approximate surface area is 123 Å². The Morgan fingerprint density at radius 1 is 1.43 bits per heavy atom. The van der Waals surface area contributed by atoms with Gasteiger partial charge >= 0.3 is 0 Å². The summed E-state index contributed by atoms with van der Waals surface area (Å²) in [5, 5.41) is 9.30. The van der Waals surface area contributed by atoms with Crippen LogP contribution in [0.15, 0.2) is 42.4 Å². The van der Waals surface area contributed by atoms with Crippen LogP contribution in [0.3, 0.4) is 0 Å². The third-order valence-electron chi connectivity index (χ3n) is 3.32. The monoisotopic (exact) mass is 284 g/mol. The number of rotatable bonds is 4. The lowest BCUT2D eigenvalue weighted by molar-refractivity contribution is -0.653. The van der Waals surface area contributed by atoms with E-state index < -0.39 is 12.4 Å². The minimum Gasteiger partial charge on any atom is -0.497 e. The third kappa shape index (κ3) is 3.14. The molecule has 0 saturated carbocycles. The van der Waals surface area contributed by atoms with Crippen molar-refractivity contribution >= 4 is 18.5 Å². The van der Waals surface area contributed by atoms with E-state index in [0.717, 1.165) is 0 Å². The molecule has 6 heteroatoms. The zero-order valence-corrected chi connectivity index (χ0v) is 12.2. The highest BCUT2D eigenvalue weighted by Crippen LogP contribution is 2.15. The van der Waals surface area contributed by atoms with Crippen LogP contribution in [0.1, 0.15) is 5.56 Å². The second kappa shape index (κ2) is 6.27. The largest absolute Gasteiger partial charge is 0.497 e. The van der Waals surface area contributed by atoms with E-state index in [2.05, 4.69) is 0 Å². The number of imidazole rings is 1. The standard InChI is InChI=1S/C15H16BFN3O/c1-19-8-9-20(2)15(19)16(11-18)14(17)10-12-4-6-13(21-3)7-5-12/h4-10H,1-3H3/b14-10-.